The van der Waals surface area contributed by atoms with E-state index in [0.717, 1.165) is 16.9 Å². The van der Waals surface area contributed by atoms with Crippen molar-refractivity contribution in [3.8, 4) is 5.75 Å². The average molecular weight is 362 g/mol. The zero-order valence-electron chi connectivity index (χ0n) is 14.8. The Labute approximate surface area is 154 Å². The largest absolute Gasteiger partial charge is 0.494 e. The summed E-state index contributed by atoms with van der Waals surface area (Å²) in [5.41, 5.74) is 2.31. The Balaban J connectivity index is 2.10. The third-order valence-electron chi connectivity index (χ3n) is 3.59. The molecule has 0 aliphatic rings. The lowest BCUT2D eigenvalue weighted by Gasteiger charge is -2.14. The monoisotopic (exact) mass is 361 g/mol. The number of hydrogen-bond donors (Lipinski definition) is 1. The number of hydrogen-bond acceptors (Lipinski definition) is 3. The molecule has 25 heavy (non-hydrogen) atoms. The number of halogens is 1. The molecule has 2 rings (SSSR count). The smallest absolute Gasteiger partial charge is 0.251 e. The maximum Gasteiger partial charge on any atom is 0.251 e. The summed E-state index contributed by atoms with van der Waals surface area (Å²) in [6, 6.07) is 12.8. The highest BCUT2D eigenvalue weighted by Crippen LogP contribution is 2.22. The van der Waals surface area contributed by atoms with Crippen molar-refractivity contribution in [1.82, 2.24) is 5.32 Å². The minimum absolute atomic E-state index is 0.104. The Morgan fingerprint density at radius 2 is 1.92 bits per heavy atom. The molecule has 0 aliphatic carbocycles. The molecule has 0 atom stereocenters. The Morgan fingerprint density at radius 3 is 2.60 bits per heavy atom. The third kappa shape index (κ3) is 5.76. The van der Waals surface area contributed by atoms with Crippen LogP contribution in [0.4, 0.5) is 0 Å². The molecule has 0 aromatic heterocycles. The number of amides is 1. The van der Waals surface area contributed by atoms with Crippen LogP contribution in [0.2, 0.25) is 5.02 Å². The van der Waals surface area contributed by atoms with Crippen molar-refractivity contribution in [2.45, 2.75) is 40.0 Å². The second-order valence-electron chi connectivity index (χ2n) is 5.89. The van der Waals surface area contributed by atoms with Crippen molar-refractivity contribution in [3.05, 3.63) is 64.2 Å². The molecule has 0 saturated carbocycles. The number of benzene rings is 2. The van der Waals surface area contributed by atoms with E-state index >= 15 is 0 Å². The summed E-state index contributed by atoms with van der Waals surface area (Å²) in [5.74, 6) is 0.583. The predicted octanol–water partition coefficient (Wildman–Crippen LogP) is 4.59. The molecule has 134 valence electrons. The minimum atomic E-state index is -0.159. The summed E-state index contributed by atoms with van der Waals surface area (Å²) in [6.45, 7) is 7.22. The number of carbonyl (C=O) groups excluding carboxylic acids is 1. The van der Waals surface area contributed by atoms with Crippen molar-refractivity contribution in [1.29, 1.82) is 0 Å². The summed E-state index contributed by atoms with van der Waals surface area (Å²) in [4.78, 5) is 12.5. The lowest BCUT2D eigenvalue weighted by molar-refractivity contribution is 0.0641. The van der Waals surface area contributed by atoms with Crippen LogP contribution < -0.4 is 10.1 Å². The Hall–Kier alpha value is -2.04. The molecule has 1 amide bonds. The van der Waals surface area contributed by atoms with Crippen LogP contribution in [0.5, 0.6) is 5.75 Å². The lowest BCUT2D eigenvalue weighted by atomic mass is 10.1. The molecule has 0 unspecified atom stereocenters. The number of carbonyl (C=O) groups is 1. The molecule has 0 bridgehead atoms. The van der Waals surface area contributed by atoms with Gasteiger partial charge < -0.3 is 14.8 Å². The normalized spacial score (nSPS) is 10.8. The fourth-order valence-corrected chi connectivity index (χ4v) is 2.51. The first kappa shape index (κ1) is 19.3. The van der Waals surface area contributed by atoms with Crippen molar-refractivity contribution in [2.24, 2.45) is 0 Å². The van der Waals surface area contributed by atoms with E-state index in [1.165, 1.54) is 0 Å². The van der Waals surface area contributed by atoms with Gasteiger partial charge in [0.15, 0.2) is 0 Å². The van der Waals surface area contributed by atoms with Crippen molar-refractivity contribution in [3.63, 3.8) is 0 Å². The molecule has 0 fully saturated rings. The fourth-order valence-electron chi connectivity index (χ4n) is 2.31. The molecule has 0 saturated heterocycles. The Morgan fingerprint density at radius 1 is 1.16 bits per heavy atom. The van der Waals surface area contributed by atoms with Gasteiger partial charge in [-0.2, -0.15) is 0 Å². The van der Waals surface area contributed by atoms with Crippen LogP contribution in [-0.4, -0.2) is 18.6 Å². The van der Waals surface area contributed by atoms with Gasteiger partial charge in [0.05, 0.1) is 19.3 Å². The zero-order valence-corrected chi connectivity index (χ0v) is 15.6. The first-order valence-corrected chi connectivity index (χ1v) is 8.78. The summed E-state index contributed by atoms with van der Waals surface area (Å²) in [6.07, 6.45) is 0.104. The molecule has 0 aliphatic heterocycles. The van der Waals surface area contributed by atoms with Crippen molar-refractivity contribution < 1.29 is 14.3 Å². The fraction of sp³-hybridized carbons (Fsp3) is 0.350. The Bertz CT molecular complexity index is 716. The highest BCUT2D eigenvalue weighted by molar-refractivity contribution is 6.31. The van der Waals surface area contributed by atoms with E-state index in [-0.39, 0.29) is 12.0 Å². The first-order chi connectivity index (χ1) is 12.0. The Kier molecular flexibility index (Phi) is 7.29. The number of nitrogens with one attached hydrogen (secondary N) is 1. The maximum absolute atomic E-state index is 12.5. The standard InChI is InChI=1S/C20H24ClNO3/c1-4-24-19-10-9-15(11-17(19)13-25-14(2)3)20(23)22-12-16-7-5-6-8-18(16)21/h5-11,14H,4,12-13H2,1-3H3,(H,22,23). The van der Waals surface area contributed by atoms with Crippen LogP contribution >= 0.6 is 11.6 Å². The van der Waals surface area contributed by atoms with Crippen LogP contribution in [-0.2, 0) is 17.9 Å². The molecule has 2 aromatic rings. The van der Waals surface area contributed by atoms with Crippen LogP contribution in [0.1, 0.15) is 42.3 Å². The number of ether oxygens (including phenoxy) is 2. The van der Waals surface area contributed by atoms with E-state index < -0.39 is 0 Å². The van der Waals surface area contributed by atoms with Gasteiger partial charge in [-0.1, -0.05) is 29.8 Å². The maximum atomic E-state index is 12.5. The van der Waals surface area contributed by atoms with E-state index in [4.69, 9.17) is 21.1 Å². The van der Waals surface area contributed by atoms with Gasteiger partial charge in [-0.15, -0.1) is 0 Å². The molecule has 1 N–H and O–H groups in total. The van der Waals surface area contributed by atoms with Crippen LogP contribution in [0.15, 0.2) is 42.5 Å². The van der Waals surface area contributed by atoms with E-state index in [1.807, 2.05) is 51.1 Å². The van der Waals surface area contributed by atoms with Crippen LogP contribution in [0.25, 0.3) is 0 Å². The summed E-state index contributed by atoms with van der Waals surface area (Å²) >= 11 is 6.12. The van der Waals surface area contributed by atoms with E-state index in [1.54, 1.807) is 12.1 Å². The molecule has 0 spiro atoms. The molecule has 0 radical (unpaired) electrons. The van der Waals surface area contributed by atoms with Gasteiger partial charge in [-0.05, 0) is 50.6 Å². The first-order valence-electron chi connectivity index (χ1n) is 8.40. The average Bonchev–Trinajstić information content (AvgIpc) is 2.60. The molecular weight excluding hydrogens is 338 g/mol. The third-order valence-corrected chi connectivity index (χ3v) is 3.96. The van der Waals surface area contributed by atoms with Gasteiger partial charge >= 0.3 is 0 Å². The van der Waals surface area contributed by atoms with Crippen LogP contribution in [0.3, 0.4) is 0 Å². The molecule has 5 heteroatoms. The predicted molar refractivity (Wildman–Crippen MR) is 100 cm³/mol. The minimum Gasteiger partial charge on any atom is -0.494 e. The van der Waals surface area contributed by atoms with Gasteiger partial charge in [0.1, 0.15) is 5.75 Å². The highest BCUT2D eigenvalue weighted by atomic mass is 35.5. The molecule has 4 nitrogen and oxygen atoms in total. The summed E-state index contributed by atoms with van der Waals surface area (Å²) in [7, 11) is 0. The SMILES string of the molecule is CCOc1ccc(C(=O)NCc2ccccc2Cl)cc1COC(C)C. The van der Waals surface area contributed by atoms with Crippen molar-refractivity contribution in [2.75, 3.05) is 6.61 Å². The quantitative estimate of drug-likeness (QED) is 0.747. The topological polar surface area (TPSA) is 47.6 Å². The van der Waals surface area contributed by atoms with E-state index in [0.29, 0.717) is 30.3 Å². The molecule has 2 aromatic carbocycles. The second-order valence-corrected chi connectivity index (χ2v) is 6.30. The van der Waals surface area contributed by atoms with Gasteiger partial charge in [0.2, 0.25) is 0 Å². The van der Waals surface area contributed by atoms with E-state index in [9.17, 15) is 4.79 Å². The van der Waals surface area contributed by atoms with Crippen molar-refractivity contribution >= 4 is 17.5 Å². The zero-order chi connectivity index (χ0) is 18.2. The summed E-state index contributed by atoms with van der Waals surface area (Å²) in [5, 5.41) is 3.53. The van der Waals surface area contributed by atoms with Gasteiger partial charge in [0.25, 0.3) is 5.91 Å². The van der Waals surface area contributed by atoms with Gasteiger partial charge in [-0.3, -0.25) is 4.79 Å². The van der Waals surface area contributed by atoms with Gasteiger partial charge in [-0.25, -0.2) is 0 Å². The van der Waals surface area contributed by atoms with E-state index in [2.05, 4.69) is 5.32 Å². The summed E-state index contributed by atoms with van der Waals surface area (Å²) < 4.78 is 11.3. The molecular formula is C20H24ClNO3. The molecule has 0 heterocycles. The number of rotatable bonds is 8. The van der Waals surface area contributed by atoms with Gasteiger partial charge in [0, 0.05) is 22.7 Å². The highest BCUT2D eigenvalue weighted by Gasteiger charge is 2.12. The lowest BCUT2D eigenvalue weighted by Crippen LogP contribution is -2.23. The second kappa shape index (κ2) is 9.44. The van der Waals surface area contributed by atoms with Crippen LogP contribution in [0, 0.1) is 0 Å².